The van der Waals surface area contributed by atoms with Crippen molar-refractivity contribution >= 4 is 17.6 Å². The summed E-state index contributed by atoms with van der Waals surface area (Å²) in [5, 5.41) is 12.7. The SMILES string of the molecule is CC(C)Cn1ccc(CNC(=O)NC2Cc3ccccc3NC2=O)n1. The second-order valence-electron chi connectivity index (χ2n) is 6.65. The van der Waals surface area contributed by atoms with Crippen LogP contribution in [0.5, 0.6) is 0 Å². The number of hydrogen-bond acceptors (Lipinski definition) is 3. The molecule has 7 nitrogen and oxygen atoms in total. The summed E-state index contributed by atoms with van der Waals surface area (Å²) >= 11 is 0. The van der Waals surface area contributed by atoms with Crippen LogP contribution in [0, 0.1) is 5.92 Å². The Morgan fingerprint density at radius 1 is 1.36 bits per heavy atom. The molecule has 0 saturated carbocycles. The van der Waals surface area contributed by atoms with Gasteiger partial charge in [-0.05, 0) is 23.6 Å². The van der Waals surface area contributed by atoms with Crippen LogP contribution >= 0.6 is 0 Å². The first kappa shape index (κ1) is 17.0. The van der Waals surface area contributed by atoms with Gasteiger partial charge in [0, 0.05) is 24.8 Å². The number of urea groups is 1. The van der Waals surface area contributed by atoms with Gasteiger partial charge in [0.2, 0.25) is 5.91 Å². The summed E-state index contributed by atoms with van der Waals surface area (Å²) in [4.78, 5) is 24.2. The number of fused-ring (bicyclic) bond motifs is 1. The Labute approximate surface area is 146 Å². The highest BCUT2D eigenvalue weighted by Crippen LogP contribution is 2.21. The highest BCUT2D eigenvalue weighted by molar-refractivity contribution is 5.99. The van der Waals surface area contributed by atoms with Crippen LogP contribution in [0.1, 0.15) is 25.1 Å². The second kappa shape index (κ2) is 7.38. The topological polar surface area (TPSA) is 88.0 Å². The summed E-state index contributed by atoms with van der Waals surface area (Å²) in [6, 6.07) is 8.52. The normalized spacial score (nSPS) is 16.3. The Hall–Kier alpha value is -2.83. The predicted octanol–water partition coefficient (Wildman–Crippen LogP) is 1.90. The molecule has 0 aliphatic carbocycles. The van der Waals surface area contributed by atoms with Gasteiger partial charge in [0.1, 0.15) is 6.04 Å². The van der Waals surface area contributed by atoms with Gasteiger partial charge >= 0.3 is 6.03 Å². The van der Waals surface area contributed by atoms with Crippen molar-refractivity contribution in [1.82, 2.24) is 20.4 Å². The van der Waals surface area contributed by atoms with Crippen LogP contribution in [-0.2, 0) is 24.3 Å². The van der Waals surface area contributed by atoms with Gasteiger partial charge in [-0.25, -0.2) is 4.79 Å². The van der Waals surface area contributed by atoms with E-state index in [0.717, 1.165) is 23.5 Å². The number of anilines is 1. The van der Waals surface area contributed by atoms with Crippen LogP contribution in [0.4, 0.5) is 10.5 Å². The second-order valence-corrected chi connectivity index (χ2v) is 6.65. The van der Waals surface area contributed by atoms with Gasteiger partial charge < -0.3 is 16.0 Å². The predicted molar refractivity (Wildman–Crippen MR) is 95.0 cm³/mol. The summed E-state index contributed by atoms with van der Waals surface area (Å²) in [6.07, 6.45) is 2.39. The highest BCUT2D eigenvalue weighted by Gasteiger charge is 2.27. The van der Waals surface area contributed by atoms with Crippen molar-refractivity contribution in [3.05, 3.63) is 47.8 Å². The molecule has 25 heavy (non-hydrogen) atoms. The molecule has 2 aromatic rings. The van der Waals surface area contributed by atoms with Crippen LogP contribution < -0.4 is 16.0 Å². The van der Waals surface area contributed by atoms with Crippen LogP contribution in [0.2, 0.25) is 0 Å². The first-order chi connectivity index (χ1) is 12.0. The molecular weight excluding hydrogens is 318 g/mol. The van der Waals surface area contributed by atoms with Gasteiger partial charge in [0.05, 0.1) is 12.2 Å². The molecule has 0 radical (unpaired) electrons. The highest BCUT2D eigenvalue weighted by atomic mass is 16.2. The van der Waals surface area contributed by atoms with Gasteiger partial charge in [-0.15, -0.1) is 0 Å². The van der Waals surface area contributed by atoms with Crippen LogP contribution in [-0.4, -0.2) is 27.8 Å². The molecular formula is C18H23N5O2. The molecule has 1 unspecified atom stereocenters. The number of nitrogens with one attached hydrogen (secondary N) is 3. The Morgan fingerprint density at radius 3 is 2.96 bits per heavy atom. The lowest BCUT2D eigenvalue weighted by Crippen LogP contribution is -2.50. The van der Waals surface area contributed by atoms with E-state index < -0.39 is 6.04 Å². The Kier molecular flexibility index (Phi) is 5.02. The fraction of sp³-hybridized carbons (Fsp3) is 0.389. The maximum atomic E-state index is 12.1. The average molecular weight is 341 g/mol. The Morgan fingerprint density at radius 2 is 2.16 bits per heavy atom. The lowest BCUT2D eigenvalue weighted by Gasteiger charge is -2.25. The van der Waals surface area contributed by atoms with E-state index in [9.17, 15) is 9.59 Å². The number of aromatic nitrogens is 2. The smallest absolute Gasteiger partial charge is 0.315 e. The summed E-state index contributed by atoms with van der Waals surface area (Å²) < 4.78 is 1.87. The van der Waals surface area contributed by atoms with E-state index in [1.165, 1.54) is 0 Å². The summed E-state index contributed by atoms with van der Waals surface area (Å²) in [5.74, 6) is 0.312. The Bertz CT molecular complexity index is 768. The fourth-order valence-electron chi connectivity index (χ4n) is 2.82. The average Bonchev–Trinajstić information content (AvgIpc) is 3.00. The third kappa shape index (κ3) is 4.37. The number of hydrogen-bond donors (Lipinski definition) is 3. The number of amides is 3. The lowest BCUT2D eigenvalue weighted by atomic mass is 9.99. The summed E-state index contributed by atoms with van der Waals surface area (Å²) in [5.41, 5.74) is 2.61. The van der Waals surface area contributed by atoms with E-state index in [-0.39, 0.29) is 11.9 Å². The van der Waals surface area contributed by atoms with Crippen molar-refractivity contribution in [3.63, 3.8) is 0 Å². The van der Waals surface area contributed by atoms with Crippen molar-refractivity contribution in [2.75, 3.05) is 5.32 Å². The molecule has 1 aromatic heterocycles. The first-order valence-electron chi connectivity index (χ1n) is 8.46. The standard InChI is InChI=1S/C18H23N5O2/c1-12(2)11-23-8-7-14(22-23)10-19-18(25)21-16-9-13-5-3-4-6-15(13)20-17(16)24/h3-8,12,16H,9-11H2,1-2H3,(H,20,24)(H2,19,21,25). The van der Waals surface area contributed by atoms with Crippen LogP contribution in [0.25, 0.3) is 0 Å². The largest absolute Gasteiger partial charge is 0.332 e. The third-order valence-corrected chi connectivity index (χ3v) is 4.00. The zero-order valence-electron chi connectivity index (χ0n) is 14.5. The van der Waals surface area contributed by atoms with Crippen molar-refractivity contribution in [1.29, 1.82) is 0 Å². The molecule has 1 atom stereocenters. The van der Waals surface area contributed by atoms with Gasteiger partial charge in [-0.3, -0.25) is 9.48 Å². The van der Waals surface area contributed by atoms with Gasteiger partial charge in [0.25, 0.3) is 0 Å². The number of carbonyl (C=O) groups is 2. The number of nitrogens with zero attached hydrogens (tertiary/aromatic N) is 2. The number of benzene rings is 1. The van der Waals surface area contributed by atoms with Crippen molar-refractivity contribution in [2.45, 2.75) is 39.4 Å². The monoisotopic (exact) mass is 341 g/mol. The Balaban J connectivity index is 1.51. The molecule has 0 spiro atoms. The fourth-order valence-corrected chi connectivity index (χ4v) is 2.82. The summed E-state index contributed by atoms with van der Waals surface area (Å²) in [6.45, 7) is 5.41. The molecule has 7 heteroatoms. The molecule has 0 bridgehead atoms. The van der Waals surface area contributed by atoms with Gasteiger partial charge in [0.15, 0.2) is 0 Å². The van der Waals surface area contributed by atoms with E-state index >= 15 is 0 Å². The van der Waals surface area contributed by atoms with E-state index in [0.29, 0.717) is 18.9 Å². The minimum atomic E-state index is -0.576. The number of carbonyl (C=O) groups excluding carboxylic acids is 2. The zero-order chi connectivity index (χ0) is 17.8. The molecule has 0 fully saturated rings. The molecule has 0 saturated heterocycles. The van der Waals surface area contributed by atoms with Crippen LogP contribution in [0.15, 0.2) is 36.5 Å². The number of rotatable bonds is 5. The molecule has 3 rings (SSSR count). The zero-order valence-corrected chi connectivity index (χ0v) is 14.5. The minimum absolute atomic E-state index is 0.199. The maximum absolute atomic E-state index is 12.1. The van der Waals surface area contributed by atoms with Gasteiger partial charge in [-0.1, -0.05) is 32.0 Å². The van der Waals surface area contributed by atoms with E-state index in [4.69, 9.17) is 0 Å². The summed E-state index contributed by atoms with van der Waals surface area (Å²) in [7, 11) is 0. The molecule has 132 valence electrons. The van der Waals surface area contributed by atoms with Crippen LogP contribution in [0.3, 0.4) is 0 Å². The minimum Gasteiger partial charge on any atom is -0.332 e. The van der Waals surface area contributed by atoms with E-state index in [1.807, 2.05) is 41.2 Å². The molecule has 1 aliphatic heterocycles. The maximum Gasteiger partial charge on any atom is 0.315 e. The van der Waals surface area contributed by atoms with Gasteiger partial charge in [-0.2, -0.15) is 5.10 Å². The third-order valence-electron chi connectivity index (χ3n) is 4.00. The van der Waals surface area contributed by atoms with Crippen molar-refractivity contribution < 1.29 is 9.59 Å². The quantitative estimate of drug-likeness (QED) is 0.776. The number of para-hydroxylation sites is 1. The molecule has 2 heterocycles. The first-order valence-corrected chi connectivity index (χ1v) is 8.46. The molecule has 3 N–H and O–H groups in total. The van der Waals surface area contributed by atoms with E-state index in [1.54, 1.807) is 0 Å². The van der Waals surface area contributed by atoms with Crippen molar-refractivity contribution in [3.8, 4) is 0 Å². The van der Waals surface area contributed by atoms with E-state index in [2.05, 4.69) is 34.9 Å². The molecule has 3 amide bonds. The van der Waals surface area contributed by atoms with Crippen molar-refractivity contribution in [2.24, 2.45) is 5.92 Å². The lowest BCUT2D eigenvalue weighted by molar-refractivity contribution is -0.118. The molecule has 1 aliphatic rings. The molecule has 1 aromatic carbocycles.